The number of ketones is 1. The zero-order chi connectivity index (χ0) is 7.11. The van der Waals surface area contributed by atoms with Crippen molar-refractivity contribution >= 4 is 23.8 Å². The molecule has 0 aliphatic carbocycles. The highest BCUT2D eigenvalue weighted by Gasteiger charge is 1.80. The fourth-order valence-electron chi connectivity index (χ4n) is 0.239. The van der Waals surface area contributed by atoms with Gasteiger partial charge in [0.1, 0.15) is 6.29 Å². The number of carbonyl (C=O) groups is 2. The summed E-state index contributed by atoms with van der Waals surface area (Å²) < 4.78 is 0. The van der Waals surface area contributed by atoms with E-state index in [4.69, 9.17) is 0 Å². The molecule has 0 aliphatic heterocycles. The topological polar surface area (TPSA) is 34.1 Å². The number of thioether (sulfide) groups is 1. The van der Waals surface area contributed by atoms with Crippen LogP contribution in [0, 0.1) is 0 Å². The van der Waals surface area contributed by atoms with Crippen molar-refractivity contribution in [2.45, 2.75) is 6.92 Å². The minimum atomic E-state index is 0.00778. The Balaban J connectivity index is 3.24. The number of allylic oxidation sites excluding steroid dienone is 1. The van der Waals surface area contributed by atoms with E-state index in [2.05, 4.69) is 0 Å². The summed E-state index contributed by atoms with van der Waals surface area (Å²) in [4.78, 5) is 19.9. The molecule has 0 bridgehead atoms. The molecule has 2 nitrogen and oxygen atoms in total. The van der Waals surface area contributed by atoms with Crippen LogP contribution in [-0.4, -0.2) is 17.8 Å². The molecular formula is C6H8O2S. The van der Waals surface area contributed by atoms with Gasteiger partial charge in [-0.3, -0.25) is 4.79 Å². The molecular weight excluding hydrogens is 136 g/mol. The van der Waals surface area contributed by atoms with Crippen molar-refractivity contribution in [2.24, 2.45) is 0 Å². The molecule has 0 amide bonds. The second-order valence-electron chi connectivity index (χ2n) is 1.41. The smallest absolute Gasteiger partial charge is 0.153 e. The van der Waals surface area contributed by atoms with E-state index in [1.165, 1.54) is 24.8 Å². The molecule has 0 heterocycles. The predicted molar refractivity (Wildman–Crippen MR) is 38.3 cm³/mol. The third-order valence-electron chi connectivity index (χ3n) is 0.563. The van der Waals surface area contributed by atoms with Crippen LogP contribution in [0.3, 0.4) is 0 Å². The summed E-state index contributed by atoms with van der Waals surface area (Å²) in [5, 5.41) is 1.62. The molecule has 0 aromatic heterocycles. The van der Waals surface area contributed by atoms with E-state index in [0.29, 0.717) is 5.75 Å². The van der Waals surface area contributed by atoms with E-state index in [-0.39, 0.29) is 5.78 Å². The maximum Gasteiger partial charge on any atom is 0.153 e. The molecule has 0 saturated heterocycles. The summed E-state index contributed by atoms with van der Waals surface area (Å²) in [6.07, 6.45) is 2.24. The quantitative estimate of drug-likeness (QED) is 0.335. The summed E-state index contributed by atoms with van der Waals surface area (Å²) >= 11 is 1.31. The molecule has 9 heavy (non-hydrogen) atoms. The van der Waals surface area contributed by atoms with Crippen molar-refractivity contribution < 1.29 is 9.59 Å². The van der Waals surface area contributed by atoms with Gasteiger partial charge >= 0.3 is 0 Å². The Bertz CT molecular complexity index is 129. The number of hydrogen-bond donors (Lipinski definition) is 0. The first-order valence-electron chi connectivity index (χ1n) is 2.49. The van der Waals surface area contributed by atoms with E-state index in [0.717, 1.165) is 6.29 Å². The van der Waals surface area contributed by atoms with Crippen LogP contribution in [0.1, 0.15) is 6.92 Å². The van der Waals surface area contributed by atoms with Gasteiger partial charge in [0.05, 0.1) is 5.75 Å². The van der Waals surface area contributed by atoms with Gasteiger partial charge in [0.15, 0.2) is 5.78 Å². The van der Waals surface area contributed by atoms with Gasteiger partial charge in [0, 0.05) is 0 Å². The number of hydrogen-bond acceptors (Lipinski definition) is 3. The predicted octanol–water partition coefficient (Wildman–Crippen LogP) is 1.02. The first-order valence-corrected chi connectivity index (χ1v) is 3.54. The molecule has 0 aromatic carbocycles. The number of rotatable bonds is 4. The largest absolute Gasteiger partial charge is 0.302 e. The second-order valence-corrected chi connectivity index (χ2v) is 2.35. The molecule has 3 heteroatoms. The molecule has 0 spiro atoms. The summed E-state index contributed by atoms with van der Waals surface area (Å²) in [5.41, 5.74) is 0. The summed E-state index contributed by atoms with van der Waals surface area (Å²) in [6, 6.07) is 0. The van der Waals surface area contributed by atoms with E-state index in [1.54, 1.807) is 5.41 Å². The summed E-state index contributed by atoms with van der Waals surface area (Å²) in [7, 11) is 0. The van der Waals surface area contributed by atoms with Crippen molar-refractivity contribution in [3.8, 4) is 0 Å². The van der Waals surface area contributed by atoms with E-state index in [9.17, 15) is 9.59 Å². The molecule has 0 radical (unpaired) electrons. The normalized spacial score (nSPS) is 9.89. The number of carbonyl (C=O) groups excluding carboxylic acids is 2. The van der Waals surface area contributed by atoms with E-state index in [1.807, 2.05) is 0 Å². The lowest BCUT2D eigenvalue weighted by atomic mass is 10.5. The summed E-state index contributed by atoms with van der Waals surface area (Å²) in [6.45, 7) is 1.47. The Hall–Kier alpha value is -0.570. The van der Waals surface area contributed by atoms with Gasteiger partial charge < -0.3 is 4.79 Å². The highest BCUT2D eigenvalue weighted by molar-refractivity contribution is 8.02. The standard InChI is InChI=1S/C6H8O2S/c1-6(8)2-4-9-5-3-7/h2-4H,5H2,1H3/b4-2+. The monoisotopic (exact) mass is 144 g/mol. The molecule has 0 fully saturated rings. The van der Waals surface area contributed by atoms with Crippen molar-refractivity contribution in [2.75, 3.05) is 5.75 Å². The fraction of sp³-hybridized carbons (Fsp3) is 0.333. The zero-order valence-electron chi connectivity index (χ0n) is 5.16. The van der Waals surface area contributed by atoms with Gasteiger partial charge in [-0.25, -0.2) is 0 Å². The molecule has 0 saturated carbocycles. The molecule has 0 unspecified atom stereocenters. The number of aldehydes is 1. The summed E-state index contributed by atoms with van der Waals surface area (Å²) in [5.74, 6) is 0.428. The molecule has 0 N–H and O–H groups in total. The van der Waals surface area contributed by atoms with Crippen LogP contribution < -0.4 is 0 Å². The van der Waals surface area contributed by atoms with Crippen LogP contribution in [0.5, 0.6) is 0 Å². The molecule has 0 aliphatic rings. The molecule has 0 aromatic rings. The first-order chi connectivity index (χ1) is 4.27. The Morgan fingerprint density at radius 2 is 2.33 bits per heavy atom. The van der Waals surface area contributed by atoms with Crippen molar-refractivity contribution in [1.29, 1.82) is 0 Å². The molecule has 0 atom stereocenters. The fourth-order valence-corrected chi connectivity index (χ4v) is 0.716. The SMILES string of the molecule is CC(=O)/C=C/SCC=O. The van der Waals surface area contributed by atoms with E-state index < -0.39 is 0 Å². The van der Waals surface area contributed by atoms with Crippen molar-refractivity contribution in [1.82, 2.24) is 0 Å². The van der Waals surface area contributed by atoms with Crippen LogP contribution in [0.2, 0.25) is 0 Å². The van der Waals surface area contributed by atoms with Crippen LogP contribution in [0.15, 0.2) is 11.5 Å². The molecule has 0 rings (SSSR count). The van der Waals surface area contributed by atoms with Gasteiger partial charge in [-0.05, 0) is 18.4 Å². The Labute approximate surface area is 58.3 Å². The van der Waals surface area contributed by atoms with Crippen molar-refractivity contribution in [3.05, 3.63) is 11.5 Å². The van der Waals surface area contributed by atoms with Crippen LogP contribution in [-0.2, 0) is 9.59 Å². The average Bonchev–Trinajstić information content (AvgIpc) is 1.80. The lowest BCUT2D eigenvalue weighted by Crippen LogP contribution is -1.79. The Kier molecular flexibility index (Phi) is 5.21. The second kappa shape index (κ2) is 5.56. The first kappa shape index (κ1) is 8.43. The van der Waals surface area contributed by atoms with Gasteiger partial charge in [-0.2, -0.15) is 0 Å². The zero-order valence-corrected chi connectivity index (χ0v) is 5.98. The van der Waals surface area contributed by atoms with E-state index >= 15 is 0 Å². The van der Waals surface area contributed by atoms with Gasteiger partial charge in [0.25, 0.3) is 0 Å². The van der Waals surface area contributed by atoms with Gasteiger partial charge in [0.2, 0.25) is 0 Å². The van der Waals surface area contributed by atoms with Gasteiger partial charge in [-0.1, -0.05) is 0 Å². The average molecular weight is 144 g/mol. The lowest BCUT2D eigenvalue weighted by Gasteiger charge is -1.80. The Morgan fingerprint density at radius 1 is 1.67 bits per heavy atom. The minimum Gasteiger partial charge on any atom is -0.302 e. The maximum absolute atomic E-state index is 10.2. The minimum absolute atomic E-state index is 0.00778. The van der Waals surface area contributed by atoms with Crippen molar-refractivity contribution in [3.63, 3.8) is 0 Å². The van der Waals surface area contributed by atoms with Crippen LogP contribution in [0.25, 0.3) is 0 Å². The van der Waals surface area contributed by atoms with Crippen LogP contribution >= 0.6 is 11.8 Å². The third-order valence-corrected chi connectivity index (χ3v) is 1.22. The highest BCUT2D eigenvalue weighted by atomic mass is 32.2. The highest BCUT2D eigenvalue weighted by Crippen LogP contribution is 1.97. The molecule has 50 valence electrons. The lowest BCUT2D eigenvalue weighted by molar-refractivity contribution is -0.112. The maximum atomic E-state index is 10.2. The Morgan fingerprint density at radius 3 is 2.78 bits per heavy atom. The third kappa shape index (κ3) is 7.43. The van der Waals surface area contributed by atoms with Gasteiger partial charge in [-0.15, -0.1) is 11.8 Å². The van der Waals surface area contributed by atoms with Crippen LogP contribution in [0.4, 0.5) is 0 Å².